The molecule has 1 amide bonds. The largest absolute Gasteiger partial charge is 0.507 e. The Balaban J connectivity index is 1.71. The van der Waals surface area contributed by atoms with Gasteiger partial charge in [-0.05, 0) is 70.9 Å². The lowest BCUT2D eigenvalue weighted by atomic mass is 9.41. The average molecular weight is 472 g/mol. The number of phenols is 1. The predicted octanol–water partition coefficient (Wildman–Crippen LogP) is 3.72. The smallest absolute Gasteiger partial charge is 0.252 e. The van der Waals surface area contributed by atoms with Gasteiger partial charge in [0.15, 0.2) is 0 Å². The zero-order valence-electron chi connectivity index (χ0n) is 21.6. The lowest BCUT2D eigenvalue weighted by Crippen LogP contribution is -2.71. The molecule has 188 valence electrons. The van der Waals surface area contributed by atoms with Gasteiger partial charge in [0.2, 0.25) is 0 Å². The van der Waals surface area contributed by atoms with Gasteiger partial charge >= 0.3 is 0 Å². The maximum absolute atomic E-state index is 12.1. The molecule has 4 saturated carbocycles. The first kappa shape index (κ1) is 24.1. The number of quaternary nitrogens is 1. The van der Waals surface area contributed by atoms with Gasteiger partial charge in [0.25, 0.3) is 5.91 Å². The third kappa shape index (κ3) is 3.35. The number of primary amides is 1. The molecule has 6 atom stereocenters. The molecule has 0 heterocycles. The summed E-state index contributed by atoms with van der Waals surface area (Å²) in [6.45, 7) is 8.43. The maximum Gasteiger partial charge on any atom is 0.252 e. The Bertz CT molecular complexity index is 999. The number of hydrogen-bond donors (Lipinski definition) is 3. The third-order valence-electron chi connectivity index (χ3n) is 10.6. The molecule has 1 aromatic rings. The van der Waals surface area contributed by atoms with E-state index in [0.717, 1.165) is 60.2 Å². The number of carbonyl (C=O) groups excluding carboxylic acids is 1. The molecule has 0 aromatic heterocycles. The van der Waals surface area contributed by atoms with E-state index in [-0.39, 0.29) is 28.6 Å². The number of hydrogen-bond acceptors (Lipinski definition) is 4. The van der Waals surface area contributed by atoms with Crippen molar-refractivity contribution in [3.63, 3.8) is 0 Å². The van der Waals surface area contributed by atoms with Crippen LogP contribution in [0.2, 0.25) is 0 Å². The van der Waals surface area contributed by atoms with Gasteiger partial charge in [0.05, 0.1) is 42.9 Å². The first-order chi connectivity index (χ1) is 15.9. The van der Waals surface area contributed by atoms with Crippen LogP contribution < -0.4 is 5.73 Å². The first-order valence-electron chi connectivity index (χ1n) is 13.2. The van der Waals surface area contributed by atoms with Gasteiger partial charge in [-0.3, -0.25) is 4.79 Å². The van der Waals surface area contributed by atoms with Crippen molar-refractivity contribution in [2.24, 2.45) is 23.0 Å². The average Bonchev–Trinajstić information content (AvgIpc) is 3.60. The highest BCUT2D eigenvalue weighted by atomic mass is 16.5. The van der Waals surface area contributed by atoms with Gasteiger partial charge in [-0.15, -0.1) is 0 Å². The molecule has 6 heteroatoms. The second kappa shape index (κ2) is 7.68. The van der Waals surface area contributed by atoms with E-state index in [9.17, 15) is 15.0 Å². The standard InChI is InChI=1S/C28H42N2O4/c1-6-30(4,16-17-7-8-17)22-13-18-9-10-19(25(29)32)24(31)23(18)20-14-28(34-5)12-11-27(20,22)15-21(28)26(2,3)33/h9-10,17,20-22,33H,6-8,11-16H2,1-5H3,(H2-,29,31,32)/p+1/t20?,21-,22-,27+,28+,30-/m1/s1. The van der Waals surface area contributed by atoms with E-state index in [4.69, 9.17) is 10.5 Å². The quantitative estimate of drug-likeness (QED) is 0.529. The molecule has 4 fully saturated rings. The van der Waals surface area contributed by atoms with Crippen molar-refractivity contribution in [1.82, 2.24) is 0 Å². The number of aliphatic hydroxyl groups is 1. The number of nitrogens with two attached hydrogens (primary N) is 1. The first-order valence-corrected chi connectivity index (χ1v) is 13.2. The molecule has 2 bridgehead atoms. The molecular formula is C28H43N2O4+. The summed E-state index contributed by atoms with van der Waals surface area (Å²) in [6, 6.07) is 4.13. The van der Waals surface area contributed by atoms with Crippen LogP contribution in [0.1, 0.15) is 86.7 Å². The van der Waals surface area contributed by atoms with Crippen molar-refractivity contribution in [3.05, 3.63) is 28.8 Å². The van der Waals surface area contributed by atoms with Crippen molar-refractivity contribution in [1.29, 1.82) is 0 Å². The summed E-state index contributed by atoms with van der Waals surface area (Å²) in [4.78, 5) is 12.1. The van der Waals surface area contributed by atoms with E-state index in [2.05, 4.69) is 14.0 Å². The van der Waals surface area contributed by atoms with E-state index in [1.54, 1.807) is 13.2 Å². The number of fused-ring (bicyclic) bond motifs is 3. The number of nitrogens with zero attached hydrogens (tertiary/aromatic N) is 1. The fourth-order valence-electron chi connectivity index (χ4n) is 8.58. The molecule has 1 unspecified atom stereocenters. The highest BCUT2D eigenvalue weighted by molar-refractivity contribution is 5.96. The highest BCUT2D eigenvalue weighted by Gasteiger charge is 2.69. The number of aromatic hydroxyl groups is 1. The van der Waals surface area contributed by atoms with Crippen LogP contribution in [-0.4, -0.2) is 65.1 Å². The molecule has 5 aliphatic carbocycles. The summed E-state index contributed by atoms with van der Waals surface area (Å²) in [5.74, 6) is 0.389. The van der Waals surface area contributed by atoms with Crippen LogP contribution in [0.4, 0.5) is 0 Å². The Labute approximate surface area is 204 Å². The minimum absolute atomic E-state index is 0.0201. The monoisotopic (exact) mass is 471 g/mol. The van der Waals surface area contributed by atoms with Crippen LogP contribution in [0.3, 0.4) is 0 Å². The summed E-state index contributed by atoms with van der Waals surface area (Å²) in [7, 11) is 4.21. The van der Waals surface area contributed by atoms with E-state index in [0.29, 0.717) is 6.04 Å². The summed E-state index contributed by atoms with van der Waals surface area (Å²) < 4.78 is 7.29. The van der Waals surface area contributed by atoms with Gasteiger partial charge in [0.1, 0.15) is 5.75 Å². The van der Waals surface area contributed by atoms with Crippen molar-refractivity contribution in [3.8, 4) is 5.75 Å². The highest BCUT2D eigenvalue weighted by Crippen LogP contribution is 2.70. The predicted molar refractivity (Wildman–Crippen MR) is 132 cm³/mol. The molecule has 4 N–H and O–H groups in total. The van der Waals surface area contributed by atoms with Crippen molar-refractivity contribution < 1.29 is 24.2 Å². The number of ether oxygens (including phenoxy) is 1. The number of benzene rings is 1. The van der Waals surface area contributed by atoms with Gasteiger partial charge in [0, 0.05) is 42.3 Å². The number of likely N-dealkylation sites (N-methyl/N-ethyl adjacent to an activating group) is 1. The van der Waals surface area contributed by atoms with Gasteiger partial charge < -0.3 is 25.2 Å². The molecular weight excluding hydrogens is 428 g/mol. The van der Waals surface area contributed by atoms with Gasteiger partial charge in [-0.1, -0.05) is 6.07 Å². The van der Waals surface area contributed by atoms with Crippen LogP contribution >= 0.6 is 0 Å². The van der Waals surface area contributed by atoms with Crippen molar-refractivity contribution in [2.75, 3.05) is 27.2 Å². The van der Waals surface area contributed by atoms with Crippen LogP contribution in [0.25, 0.3) is 0 Å². The fraction of sp³-hybridized carbons (Fsp3) is 0.750. The Morgan fingerprint density at radius 3 is 2.53 bits per heavy atom. The number of rotatable bonds is 7. The Kier molecular flexibility index (Phi) is 5.44. The van der Waals surface area contributed by atoms with Crippen LogP contribution in [0.5, 0.6) is 5.75 Å². The zero-order valence-corrected chi connectivity index (χ0v) is 21.6. The Morgan fingerprint density at radius 2 is 1.97 bits per heavy atom. The molecule has 1 aromatic carbocycles. The molecule has 6 nitrogen and oxygen atoms in total. The maximum atomic E-state index is 12.1. The second-order valence-electron chi connectivity index (χ2n) is 12.7. The summed E-state index contributed by atoms with van der Waals surface area (Å²) in [5, 5.41) is 22.7. The minimum Gasteiger partial charge on any atom is -0.507 e. The van der Waals surface area contributed by atoms with Crippen molar-refractivity contribution in [2.45, 2.75) is 88.9 Å². The van der Waals surface area contributed by atoms with Crippen LogP contribution in [0.15, 0.2) is 12.1 Å². The third-order valence-corrected chi connectivity index (χ3v) is 10.6. The summed E-state index contributed by atoms with van der Waals surface area (Å²) in [6.07, 6.45) is 7.10. The van der Waals surface area contributed by atoms with E-state index in [1.165, 1.54) is 19.4 Å². The van der Waals surface area contributed by atoms with Gasteiger partial charge in [-0.2, -0.15) is 0 Å². The van der Waals surface area contributed by atoms with Crippen LogP contribution in [-0.2, 0) is 11.2 Å². The van der Waals surface area contributed by atoms with Crippen molar-refractivity contribution >= 4 is 5.91 Å². The lowest BCUT2D eigenvalue weighted by Gasteiger charge is -2.68. The second-order valence-corrected chi connectivity index (χ2v) is 12.7. The molecule has 34 heavy (non-hydrogen) atoms. The SMILES string of the molecule is CC[N@+](C)(CC1CC1)[C@@H]1Cc2ccc(C(N)=O)c(O)c2C2C[C@@]3(OC)CC[C@]21C[C@@H]3C(C)(C)O. The molecule has 0 aliphatic heterocycles. The van der Waals surface area contributed by atoms with E-state index in [1.807, 2.05) is 19.9 Å². The number of carbonyl (C=O) groups is 1. The molecule has 0 saturated heterocycles. The van der Waals surface area contributed by atoms with E-state index < -0.39 is 17.1 Å². The molecule has 0 radical (unpaired) electrons. The van der Waals surface area contributed by atoms with Crippen LogP contribution in [0, 0.1) is 17.3 Å². The summed E-state index contributed by atoms with van der Waals surface area (Å²) >= 11 is 0. The topological polar surface area (TPSA) is 92.8 Å². The number of methoxy groups -OCH3 is 1. The van der Waals surface area contributed by atoms with E-state index >= 15 is 0 Å². The zero-order chi connectivity index (χ0) is 24.7. The normalized spacial score (nSPS) is 36.5. The minimum atomic E-state index is -0.859. The molecule has 6 rings (SSSR count). The molecule has 1 spiro atoms. The Hall–Kier alpha value is -1.63. The summed E-state index contributed by atoms with van der Waals surface area (Å²) in [5.41, 5.74) is 6.55. The molecule has 5 aliphatic rings. The van der Waals surface area contributed by atoms with Gasteiger partial charge in [-0.25, -0.2) is 0 Å². The lowest BCUT2D eigenvalue weighted by molar-refractivity contribution is -0.942. The number of amides is 1. The fourth-order valence-corrected chi connectivity index (χ4v) is 8.58. The Morgan fingerprint density at radius 1 is 1.26 bits per heavy atom.